The molecule has 6 heavy (non-hydrogen) atoms. The molecule has 0 aromatic carbocycles. The summed E-state index contributed by atoms with van der Waals surface area (Å²) in [5, 5.41) is 7.57. The molecular weight excluding hydrogens is 302 g/mol. The summed E-state index contributed by atoms with van der Waals surface area (Å²) in [6, 6.07) is 0. The van der Waals surface area contributed by atoms with Crippen LogP contribution in [0.3, 0.4) is 0 Å². The molecule has 0 aliphatic rings. The second-order valence-electron chi connectivity index (χ2n) is 0.316. The minimum atomic E-state index is 0. The quantitative estimate of drug-likeness (QED) is 0.659. The summed E-state index contributed by atoms with van der Waals surface area (Å²) < 4.78 is 0. The monoisotopic (exact) mass is 314 g/mol. The van der Waals surface area contributed by atoms with Crippen molar-refractivity contribution in [2.24, 2.45) is 0 Å². The molecule has 0 saturated heterocycles. The first-order valence-electron chi connectivity index (χ1n) is 1.02. The predicted molar refractivity (Wildman–Crippen MR) is 25.6 cm³/mol. The van der Waals surface area contributed by atoms with E-state index in [1.165, 1.54) is 0 Å². The van der Waals surface area contributed by atoms with E-state index in [-0.39, 0.29) is 52.6 Å². The largest absolute Gasteiger partial charge is 2.00 e. The van der Waals surface area contributed by atoms with Crippen molar-refractivity contribution in [3.8, 4) is 0 Å². The van der Waals surface area contributed by atoms with Gasteiger partial charge in [-0.25, -0.2) is 0 Å². The van der Waals surface area contributed by atoms with E-state index in [1.807, 2.05) is 0 Å². The van der Waals surface area contributed by atoms with Gasteiger partial charge in [0.05, 0.1) is 0 Å². The minimum Gasteiger partial charge on any atom is -0.397 e. The van der Waals surface area contributed by atoms with E-state index in [0.29, 0.717) is 0 Å². The van der Waals surface area contributed by atoms with Crippen molar-refractivity contribution in [2.75, 3.05) is 6.61 Å². The van der Waals surface area contributed by atoms with Crippen LogP contribution in [0.5, 0.6) is 0 Å². The van der Waals surface area contributed by atoms with Crippen molar-refractivity contribution in [3.05, 3.63) is 14.9 Å². The smallest absolute Gasteiger partial charge is 0.397 e. The summed E-state index contributed by atoms with van der Waals surface area (Å²) in [4.78, 5) is 0. The van der Waals surface area contributed by atoms with Crippen molar-refractivity contribution in [3.63, 3.8) is 0 Å². The van der Waals surface area contributed by atoms with Crippen molar-refractivity contribution >= 4 is 0 Å². The van der Waals surface area contributed by atoms with Crippen LogP contribution < -0.4 is 0 Å². The molecule has 0 aliphatic heterocycles. The Labute approximate surface area is 64.5 Å². The van der Waals surface area contributed by atoms with Gasteiger partial charge in [0.2, 0.25) is 0 Å². The zero-order chi connectivity index (χ0) is 2.71. The first kappa shape index (κ1) is 27.9. The molecule has 0 amide bonds. The van der Waals surface area contributed by atoms with Crippen LogP contribution in [0.2, 0.25) is 0 Å². The molecule has 2 heteroatoms. The third-order valence-electron chi connectivity index (χ3n) is 0. The zero-order valence-corrected chi connectivity index (χ0v) is 8.82. The Morgan fingerprint density at radius 2 is 1.33 bits per heavy atom. The maximum atomic E-state index is 7.57. The zero-order valence-electron chi connectivity index (χ0n) is 4.65. The van der Waals surface area contributed by atoms with E-state index < -0.39 is 0 Å². The van der Waals surface area contributed by atoms with Crippen molar-refractivity contribution < 1.29 is 36.2 Å². The molecule has 0 atom stereocenters. The normalized spacial score (nSPS) is 3.00. The summed E-state index contributed by atoms with van der Waals surface area (Å²) in [6.07, 6.45) is 0. The fourth-order valence-electron chi connectivity index (χ4n) is 0. The topological polar surface area (TPSA) is 20.2 Å². The Morgan fingerprint density at radius 1 is 1.33 bits per heavy atom. The SMILES string of the molecule is CCO.[CH3-].[CH3-].[U+2]. The van der Waals surface area contributed by atoms with E-state index >= 15 is 0 Å². The molecule has 0 radical (unpaired) electrons. The van der Waals surface area contributed by atoms with Crippen LogP contribution in [0.25, 0.3) is 0 Å². The average Bonchev–Trinajstić information content (AvgIpc) is 0.918. The second-order valence-corrected chi connectivity index (χ2v) is 0.316. The van der Waals surface area contributed by atoms with Crippen LogP contribution in [-0.4, -0.2) is 11.7 Å². The summed E-state index contributed by atoms with van der Waals surface area (Å²) in [5.41, 5.74) is 0. The van der Waals surface area contributed by atoms with Crippen molar-refractivity contribution in [1.29, 1.82) is 0 Å². The third-order valence-corrected chi connectivity index (χ3v) is 0. The van der Waals surface area contributed by atoms with Gasteiger partial charge < -0.3 is 20.0 Å². The number of hydrogen-bond donors (Lipinski definition) is 1. The summed E-state index contributed by atoms with van der Waals surface area (Å²) in [6.45, 7) is 1.93. The van der Waals surface area contributed by atoms with Gasteiger partial charge in [-0.05, 0) is 6.92 Å². The summed E-state index contributed by atoms with van der Waals surface area (Å²) in [7, 11) is 0. The van der Waals surface area contributed by atoms with Crippen LogP contribution in [0.1, 0.15) is 6.92 Å². The van der Waals surface area contributed by atoms with E-state index in [0.717, 1.165) is 0 Å². The standard InChI is InChI=1S/C2H6O.2CH3.U/c1-2-3;;;/h3H,2H2,1H3;2*1H3;/q;2*-1;+2. The van der Waals surface area contributed by atoms with E-state index in [4.69, 9.17) is 5.11 Å². The van der Waals surface area contributed by atoms with Gasteiger partial charge in [0.25, 0.3) is 0 Å². The molecule has 0 aromatic heterocycles. The Hall–Kier alpha value is 1.01. The molecule has 0 unspecified atom stereocenters. The van der Waals surface area contributed by atoms with Crippen LogP contribution >= 0.6 is 0 Å². The molecule has 0 rings (SSSR count). The van der Waals surface area contributed by atoms with E-state index in [2.05, 4.69) is 0 Å². The molecule has 0 aromatic rings. The van der Waals surface area contributed by atoms with Crippen LogP contribution in [0, 0.1) is 46.0 Å². The van der Waals surface area contributed by atoms with E-state index in [1.54, 1.807) is 6.92 Å². The Morgan fingerprint density at radius 3 is 1.33 bits per heavy atom. The van der Waals surface area contributed by atoms with Gasteiger partial charge in [-0.1, -0.05) is 0 Å². The van der Waals surface area contributed by atoms with Gasteiger partial charge in [0.1, 0.15) is 0 Å². The van der Waals surface area contributed by atoms with Crippen LogP contribution in [0.15, 0.2) is 0 Å². The number of aliphatic hydroxyl groups excluding tert-OH is 1. The fourth-order valence-corrected chi connectivity index (χ4v) is 0. The van der Waals surface area contributed by atoms with Gasteiger partial charge in [0.15, 0.2) is 0 Å². The number of rotatable bonds is 0. The number of hydrogen-bond acceptors (Lipinski definition) is 1. The van der Waals surface area contributed by atoms with E-state index in [9.17, 15) is 0 Å². The first-order valence-corrected chi connectivity index (χ1v) is 1.02. The molecule has 0 bridgehead atoms. The Bertz CT molecular complexity index is 7.51. The Balaban J connectivity index is -0.00000000667. The maximum Gasteiger partial charge on any atom is 2.00 e. The average molecular weight is 314 g/mol. The fraction of sp³-hybridized carbons (Fsp3) is 0.500. The van der Waals surface area contributed by atoms with Crippen LogP contribution in [-0.2, 0) is 0 Å². The summed E-state index contributed by atoms with van der Waals surface area (Å²) in [5.74, 6) is 0. The van der Waals surface area contributed by atoms with Gasteiger partial charge in [-0.2, -0.15) is 0 Å². The molecule has 38 valence electrons. The molecule has 0 heterocycles. The molecule has 1 N–H and O–H groups in total. The minimum absolute atomic E-state index is 0. The molecule has 0 fully saturated rings. The van der Waals surface area contributed by atoms with Crippen molar-refractivity contribution in [1.82, 2.24) is 0 Å². The van der Waals surface area contributed by atoms with Gasteiger partial charge in [-0.15, -0.1) is 0 Å². The van der Waals surface area contributed by atoms with Crippen molar-refractivity contribution in [2.45, 2.75) is 6.92 Å². The van der Waals surface area contributed by atoms with Crippen LogP contribution in [0.4, 0.5) is 0 Å². The molecular formula is C4H12OU. The third kappa shape index (κ3) is 78.8. The molecule has 0 aliphatic carbocycles. The Kier molecular flexibility index (Phi) is 174. The second kappa shape index (κ2) is 37.3. The number of aliphatic hydroxyl groups is 1. The summed E-state index contributed by atoms with van der Waals surface area (Å²) >= 11 is 0. The first-order chi connectivity index (χ1) is 1.41. The molecule has 0 saturated carbocycles. The predicted octanol–water partition coefficient (Wildman–Crippen LogP) is 0.899. The molecule has 1 nitrogen and oxygen atoms in total. The maximum absolute atomic E-state index is 7.57. The van der Waals surface area contributed by atoms with Gasteiger partial charge in [0, 0.05) is 6.61 Å². The van der Waals surface area contributed by atoms with Gasteiger partial charge >= 0.3 is 31.1 Å². The molecule has 0 spiro atoms. The van der Waals surface area contributed by atoms with Gasteiger partial charge in [-0.3, -0.25) is 0 Å².